The standard InChI is InChI=1S/C17H20N4O3/c22-15(12-7-11-1-4-19-14(11)20-9-12)21-10-13-8-17(16(23)24-13)2-5-18-6-3-17/h1,4,7,9,13,18H,2-3,5-6,8,10H2,(H,19,20)(H,21,22). The fourth-order valence-corrected chi connectivity index (χ4v) is 3.64. The number of hydrogen-bond acceptors (Lipinski definition) is 5. The molecule has 1 amide bonds. The molecule has 7 heteroatoms. The van der Waals surface area contributed by atoms with Crippen LogP contribution in [-0.4, -0.2) is 47.6 Å². The summed E-state index contributed by atoms with van der Waals surface area (Å²) in [4.78, 5) is 31.7. The highest BCUT2D eigenvalue weighted by Crippen LogP contribution is 2.41. The van der Waals surface area contributed by atoms with Crippen LogP contribution in [0.5, 0.6) is 0 Å². The van der Waals surface area contributed by atoms with Crippen LogP contribution in [0.1, 0.15) is 29.6 Å². The molecule has 7 nitrogen and oxygen atoms in total. The number of nitrogens with one attached hydrogen (secondary N) is 3. The van der Waals surface area contributed by atoms with Gasteiger partial charge in [-0.05, 0) is 38.1 Å². The summed E-state index contributed by atoms with van der Waals surface area (Å²) in [6.07, 6.45) is 5.39. The van der Waals surface area contributed by atoms with Crippen molar-refractivity contribution in [2.75, 3.05) is 19.6 Å². The SMILES string of the molecule is O=C(NCC1CC2(CCNCC2)C(=O)O1)c1cnc2[nH]ccc2c1. The normalized spacial score (nSPS) is 22.7. The van der Waals surface area contributed by atoms with Gasteiger partial charge in [0.25, 0.3) is 5.91 Å². The molecule has 0 saturated carbocycles. The van der Waals surface area contributed by atoms with E-state index in [-0.39, 0.29) is 23.4 Å². The molecular formula is C17H20N4O3. The lowest BCUT2D eigenvalue weighted by Crippen LogP contribution is -2.39. The number of aromatic nitrogens is 2. The van der Waals surface area contributed by atoms with Crippen LogP contribution in [0.3, 0.4) is 0 Å². The van der Waals surface area contributed by atoms with E-state index in [1.54, 1.807) is 18.5 Å². The summed E-state index contributed by atoms with van der Waals surface area (Å²) >= 11 is 0. The molecule has 2 aromatic heterocycles. The van der Waals surface area contributed by atoms with Crippen molar-refractivity contribution >= 4 is 22.9 Å². The minimum atomic E-state index is -0.355. The number of nitrogens with zero attached hydrogens (tertiary/aromatic N) is 1. The van der Waals surface area contributed by atoms with E-state index in [1.165, 1.54) is 0 Å². The average Bonchev–Trinajstić information content (AvgIpc) is 3.18. The highest BCUT2D eigenvalue weighted by molar-refractivity contribution is 5.96. The first-order valence-electron chi connectivity index (χ1n) is 8.29. The number of pyridine rings is 1. The van der Waals surface area contributed by atoms with E-state index in [4.69, 9.17) is 4.74 Å². The van der Waals surface area contributed by atoms with Gasteiger partial charge < -0.3 is 20.4 Å². The zero-order chi connectivity index (χ0) is 16.6. The number of esters is 1. The molecule has 2 saturated heterocycles. The van der Waals surface area contributed by atoms with Gasteiger partial charge in [0.05, 0.1) is 17.5 Å². The molecule has 1 unspecified atom stereocenters. The largest absolute Gasteiger partial charge is 0.460 e. The number of fused-ring (bicyclic) bond motifs is 1. The molecule has 0 radical (unpaired) electrons. The van der Waals surface area contributed by atoms with E-state index in [2.05, 4.69) is 20.6 Å². The topological polar surface area (TPSA) is 96.1 Å². The van der Waals surface area contributed by atoms with Gasteiger partial charge in [-0.3, -0.25) is 9.59 Å². The zero-order valence-corrected chi connectivity index (χ0v) is 13.3. The van der Waals surface area contributed by atoms with E-state index >= 15 is 0 Å². The van der Waals surface area contributed by atoms with Gasteiger partial charge in [-0.1, -0.05) is 0 Å². The maximum absolute atomic E-state index is 12.3. The summed E-state index contributed by atoms with van der Waals surface area (Å²) < 4.78 is 5.50. The summed E-state index contributed by atoms with van der Waals surface area (Å²) in [6, 6.07) is 3.67. The number of carbonyl (C=O) groups is 2. The molecule has 2 aliphatic rings. The van der Waals surface area contributed by atoms with Gasteiger partial charge in [0.15, 0.2) is 0 Å². The Bertz CT molecular complexity index is 779. The number of ether oxygens (including phenoxy) is 1. The van der Waals surface area contributed by atoms with Crippen LogP contribution in [0.25, 0.3) is 11.0 Å². The molecule has 2 fully saturated rings. The van der Waals surface area contributed by atoms with E-state index in [1.807, 2.05) is 6.07 Å². The van der Waals surface area contributed by atoms with Gasteiger partial charge in [0, 0.05) is 24.2 Å². The van der Waals surface area contributed by atoms with Crippen molar-refractivity contribution in [1.82, 2.24) is 20.6 Å². The number of rotatable bonds is 3. The Kier molecular flexibility index (Phi) is 3.72. The first-order chi connectivity index (χ1) is 11.7. The predicted octanol–water partition coefficient (Wildman–Crippen LogP) is 0.978. The lowest BCUT2D eigenvalue weighted by Gasteiger charge is -2.29. The van der Waals surface area contributed by atoms with Crippen molar-refractivity contribution in [1.29, 1.82) is 0 Å². The predicted molar refractivity (Wildman–Crippen MR) is 87.5 cm³/mol. The molecule has 24 heavy (non-hydrogen) atoms. The van der Waals surface area contributed by atoms with Crippen LogP contribution in [0, 0.1) is 5.41 Å². The zero-order valence-electron chi connectivity index (χ0n) is 13.3. The van der Waals surface area contributed by atoms with Crippen LogP contribution in [0.15, 0.2) is 24.5 Å². The Balaban J connectivity index is 1.38. The van der Waals surface area contributed by atoms with Crippen LogP contribution >= 0.6 is 0 Å². The molecule has 0 aromatic carbocycles. The second kappa shape index (κ2) is 5.90. The second-order valence-electron chi connectivity index (χ2n) is 6.61. The monoisotopic (exact) mass is 328 g/mol. The van der Waals surface area contributed by atoms with E-state index < -0.39 is 0 Å². The van der Waals surface area contributed by atoms with Crippen LogP contribution in [0.4, 0.5) is 0 Å². The number of cyclic esters (lactones) is 1. The summed E-state index contributed by atoms with van der Waals surface area (Å²) in [5, 5.41) is 7.02. The third kappa shape index (κ3) is 2.65. The molecule has 0 aliphatic carbocycles. The van der Waals surface area contributed by atoms with E-state index in [0.717, 1.165) is 37.0 Å². The maximum Gasteiger partial charge on any atom is 0.312 e. The molecule has 4 heterocycles. The minimum absolute atomic E-state index is 0.112. The van der Waals surface area contributed by atoms with Crippen molar-refractivity contribution in [3.63, 3.8) is 0 Å². The number of hydrogen-bond donors (Lipinski definition) is 3. The van der Waals surface area contributed by atoms with Crippen LogP contribution in [-0.2, 0) is 9.53 Å². The number of carbonyl (C=O) groups excluding carboxylic acids is 2. The molecule has 4 rings (SSSR count). The van der Waals surface area contributed by atoms with Gasteiger partial charge >= 0.3 is 5.97 Å². The Morgan fingerprint density at radius 3 is 3.08 bits per heavy atom. The van der Waals surface area contributed by atoms with Gasteiger partial charge in [-0.25, -0.2) is 4.98 Å². The highest BCUT2D eigenvalue weighted by atomic mass is 16.6. The molecule has 2 aromatic rings. The molecular weight excluding hydrogens is 308 g/mol. The molecule has 126 valence electrons. The highest BCUT2D eigenvalue weighted by Gasteiger charge is 2.49. The van der Waals surface area contributed by atoms with E-state index in [0.29, 0.717) is 18.5 Å². The summed E-state index contributed by atoms with van der Waals surface area (Å²) in [5.41, 5.74) is 0.902. The average molecular weight is 328 g/mol. The Morgan fingerprint density at radius 2 is 2.25 bits per heavy atom. The molecule has 0 bridgehead atoms. The van der Waals surface area contributed by atoms with Gasteiger partial charge in [-0.2, -0.15) is 0 Å². The smallest absolute Gasteiger partial charge is 0.312 e. The Hall–Kier alpha value is -2.41. The molecule has 3 N–H and O–H groups in total. The fraction of sp³-hybridized carbons (Fsp3) is 0.471. The Morgan fingerprint density at radius 1 is 1.42 bits per heavy atom. The molecule has 2 aliphatic heterocycles. The summed E-state index contributed by atoms with van der Waals surface area (Å²) in [6.45, 7) is 2.03. The fourth-order valence-electron chi connectivity index (χ4n) is 3.64. The van der Waals surface area contributed by atoms with Crippen molar-refractivity contribution in [2.24, 2.45) is 5.41 Å². The van der Waals surface area contributed by atoms with Crippen LogP contribution in [0.2, 0.25) is 0 Å². The molecule has 1 atom stereocenters. The Labute approximate surface area is 139 Å². The first-order valence-corrected chi connectivity index (χ1v) is 8.29. The minimum Gasteiger partial charge on any atom is -0.460 e. The summed E-state index contributed by atoms with van der Waals surface area (Å²) in [7, 11) is 0. The van der Waals surface area contributed by atoms with E-state index in [9.17, 15) is 9.59 Å². The number of piperidine rings is 1. The van der Waals surface area contributed by atoms with Crippen molar-refractivity contribution < 1.29 is 14.3 Å². The molecule has 1 spiro atoms. The third-order valence-corrected chi connectivity index (χ3v) is 5.04. The van der Waals surface area contributed by atoms with Gasteiger partial charge in [-0.15, -0.1) is 0 Å². The quantitative estimate of drug-likeness (QED) is 0.730. The lowest BCUT2D eigenvalue weighted by atomic mass is 9.76. The number of aromatic amines is 1. The second-order valence-corrected chi connectivity index (χ2v) is 6.61. The number of amides is 1. The van der Waals surface area contributed by atoms with Crippen LogP contribution < -0.4 is 10.6 Å². The van der Waals surface area contributed by atoms with Crippen molar-refractivity contribution in [3.05, 3.63) is 30.1 Å². The lowest BCUT2D eigenvalue weighted by molar-refractivity contribution is -0.149. The summed E-state index contributed by atoms with van der Waals surface area (Å²) in [5.74, 6) is -0.313. The third-order valence-electron chi connectivity index (χ3n) is 5.04. The van der Waals surface area contributed by atoms with Crippen molar-refractivity contribution in [3.8, 4) is 0 Å². The number of H-pyrrole nitrogens is 1. The first kappa shape index (κ1) is 15.1. The maximum atomic E-state index is 12.3. The van der Waals surface area contributed by atoms with Gasteiger partial charge in [0.2, 0.25) is 0 Å². The van der Waals surface area contributed by atoms with Crippen molar-refractivity contribution in [2.45, 2.75) is 25.4 Å². The van der Waals surface area contributed by atoms with Gasteiger partial charge in [0.1, 0.15) is 11.8 Å².